The monoisotopic (exact) mass is 331 g/mol. The molecule has 3 rings (SSSR count). The molecule has 1 saturated carbocycles. The zero-order chi connectivity index (χ0) is 17.2. The normalized spacial score (nSPS) is 30.2. The molecule has 0 unspecified atom stereocenters. The first-order chi connectivity index (χ1) is 11.5. The van der Waals surface area contributed by atoms with Crippen molar-refractivity contribution in [3.63, 3.8) is 0 Å². The summed E-state index contributed by atoms with van der Waals surface area (Å²) in [4.78, 5) is 14.9. The number of hydrogen-bond acceptors (Lipinski definition) is 4. The van der Waals surface area contributed by atoms with Gasteiger partial charge < -0.3 is 21.1 Å². The predicted octanol–water partition coefficient (Wildman–Crippen LogP) is 0.864. The van der Waals surface area contributed by atoms with Gasteiger partial charge in [0.1, 0.15) is 0 Å². The maximum absolute atomic E-state index is 12.5. The molecule has 2 fully saturated rings. The molecule has 5 nitrogen and oxygen atoms in total. The lowest BCUT2D eigenvalue weighted by atomic mass is 9.72. The lowest BCUT2D eigenvalue weighted by Gasteiger charge is -2.41. The van der Waals surface area contributed by atoms with E-state index in [2.05, 4.69) is 41.5 Å². The summed E-state index contributed by atoms with van der Waals surface area (Å²) in [5.41, 5.74) is 7.15. The highest BCUT2D eigenvalue weighted by Crippen LogP contribution is 2.35. The van der Waals surface area contributed by atoms with Crippen molar-refractivity contribution < 1.29 is 9.90 Å². The maximum atomic E-state index is 12.5. The van der Waals surface area contributed by atoms with Crippen LogP contribution < -0.4 is 11.1 Å². The number of rotatable bonds is 4. The largest absolute Gasteiger partial charge is 0.391 e. The Morgan fingerprint density at radius 1 is 1.29 bits per heavy atom. The zero-order valence-electron chi connectivity index (χ0n) is 14.4. The predicted molar refractivity (Wildman–Crippen MR) is 94.6 cm³/mol. The summed E-state index contributed by atoms with van der Waals surface area (Å²) in [5, 5.41) is 12.9. The molecule has 0 spiro atoms. The molecular formula is C19H29N3O2. The molecule has 2 aliphatic rings. The molecule has 3 atom stereocenters. The molecule has 5 heteroatoms. The van der Waals surface area contributed by atoms with E-state index in [-0.39, 0.29) is 23.3 Å². The quantitative estimate of drug-likeness (QED) is 0.765. The van der Waals surface area contributed by atoms with E-state index in [1.165, 1.54) is 5.56 Å². The third-order valence-electron chi connectivity index (χ3n) is 5.88. The number of likely N-dealkylation sites (tertiary alicyclic amines) is 1. The Balaban J connectivity index is 1.68. The van der Waals surface area contributed by atoms with Gasteiger partial charge in [-0.1, -0.05) is 30.3 Å². The van der Waals surface area contributed by atoms with Crippen molar-refractivity contribution >= 4 is 5.91 Å². The van der Waals surface area contributed by atoms with Gasteiger partial charge in [0.25, 0.3) is 0 Å². The van der Waals surface area contributed by atoms with Gasteiger partial charge in [-0.3, -0.25) is 4.79 Å². The van der Waals surface area contributed by atoms with Gasteiger partial charge in [-0.25, -0.2) is 0 Å². The van der Waals surface area contributed by atoms with Gasteiger partial charge in [-0.15, -0.1) is 0 Å². The molecular weight excluding hydrogens is 302 g/mol. The number of piperidine rings is 1. The molecule has 1 heterocycles. The molecule has 1 amide bonds. The number of benzene rings is 1. The van der Waals surface area contributed by atoms with Gasteiger partial charge in [-0.05, 0) is 51.4 Å². The minimum Gasteiger partial charge on any atom is -0.391 e. The number of nitrogens with two attached hydrogens (primary N) is 1. The smallest absolute Gasteiger partial charge is 0.223 e. The molecule has 1 aromatic carbocycles. The second-order valence-corrected chi connectivity index (χ2v) is 7.57. The third kappa shape index (κ3) is 3.63. The molecule has 0 aromatic heterocycles. The van der Waals surface area contributed by atoms with Crippen molar-refractivity contribution in [3.05, 3.63) is 35.9 Å². The first-order valence-electron chi connectivity index (χ1n) is 8.96. The highest BCUT2D eigenvalue weighted by molar-refractivity contribution is 5.79. The Kier molecular flexibility index (Phi) is 5.23. The van der Waals surface area contributed by atoms with Crippen molar-refractivity contribution in [2.75, 3.05) is 26.7 Å². The van der Waals surface area contributed by atoms with E-state index in [0.29, 0.717) is 19.4 Å². The second-order valence-electron chi connectivity index (χ2n) is 7.57. The van der Waals surface area contributed by atoms with Gasteiger partial charge in [-0.2, -0.15) is 0 Å². The fourth-order valence-corrected chi connectivity index (χ4v) is 4.07. The summed E-state index contributed by atoms with van der Waals surface area (Å²) in [7, 11) is 2.15. The van der Waals surface area contributed by atoms with Crippen LogP contribution in [0.5, 0.6) is 0 Å². The Bertz CT molecular complexity index is 545. The van der Waals surface area contributed by atoms with Crippen LogP contribution in [0.4, 0.5) is 0 Å². The summed E-state index contributed by atoms with van der Waals surface area (Å²) in [6, 6.07) is 10.3. The van der Waals surface area contributed by atoms with Gasteiger partial charge >= 0.3 is 0 Å². The Morgan fingerprint density at radius 2 is 1.96 bits per heavy atom. The van der Waals surface area contributed by atoms with E-state index in [1.54, 1.807) is 0 Å². The van der Waals surface area contributed by atoms with Crippen LogP contribution in [0.1, 0.15) is 31.2 Å². The van der Waals surface area contributed by atoms with Crippen LogP contribution in [-0.4, -0.2) is 54.7 Å². The average Bonchev–Trinajstić information content (AvgIpc) is 2.94. The zero-order valence-corrected chi connectivity index (χ0v) is 14.4. The number of nitrogens with zero attached hydrogens (tertiary/aromatic N) is 1. The first-order valence-corrected chi connectivity index (χ1v) is 8.96. The van der Waals surface area contributed by atoms with Crippen LogP contribution in [0, 0.1) is 5.92 Å². The van der Waals surface area contributed by atoms with Gasteiger partial charge in [0.2, 0.25) is 5.91 Å². The van der Waals surface area contributed by atoms with E-state index in [0.717, 1.165) is 25.9 Å². The van der Waals surface area contributed by atoms with Crippen molar-refractivity contribution in [3.8, 4) is 0 Å². The molecule has 1 aliphatic carbocycles. The van der Waals surface area contributed by atoms with E-state index >= 15 is 0 Å². The molecule has 1 saturated heterocycles. The van der Waals surface area contributed by atoms with Crippen LogP contribution in [0.15, 0.2) is 30.3 Å². The molecule has 132 valence electrons. The summed E-state index contributed by atoms with van der Waals surface area (Å²) in [6.45, 7) is 2.74. The van der Waals surface area contributed by atoms with Crippen molar-refractivity contribution in [1.29, 1.82) is 0 Å². The van der Waals surface area contributed by atoms with Crippen LogP contribution >= 0.6 is 0 Å². The lowest BCUT2D eigenvalue weighted by Crippen LogP contribution is -2.48. The van der Waals surface area contributed by atoms with Crippen LogP contribution in [0.25, 0.3) is 0 Å². The third-order valence-corrected chi connectivity index (χ3v) is 5.88. The molecule has 0 bridgehead atoms. The number of carbonyl (C=O) groups excluding carboxylic acids is 1. The molecule has 24 heavy (non-hydrogen) atoms. The first kappa shape index (κ1) is 17.4. The van der Waals surface area contributed by atoms with Crippen LogP contribution in [0.2, 0.25) is 0 Å². The van der Waals surface area contributed by atoms with Gasteiger partial charge in [0.05, 0.1) is 6.10 Å². The SMILES string of the molecule is CN1CCC(CNC(=O)[C@H]2C[C@@H](N)[C@H](O)C2)(c2ccccc2)CC1. The fourth-order valence-electron chi connectivity index (χ4n) is 4.07. The van der Waals surface area contributed by atoms with Crippen LogP contribution in [-0.2, 0) is 10.2 Å². The fraction of sp³-hybridized carbons (Fsp3) is 0.632. The molecule has 0 radical (unpaired) electrons. The summed E-state index contributed by atoms with van der Waals surface area (Å²) in [5.74, 6) is -0.120. The molecule has 4 N–H and O–H groups in total. The molecule has 1 aliphatic heterocycles. The molecule has 1 aromatic rings. The number of aliphatic hydroxyl groups excluding tert-OH is 1. The van der Waals surface area contributed by atoms with Crippen molar-refractivity contribution in [2.24, 2.45) is 11.7 Å². The van der Waals surface area contributed by atoms with Gasteiger partial charge in [0.15, 0.2) is 0 Å². The van der Waals surface area contributed by atoms with E-state index < -0.39 is 6.10 Å². The highest BCUT2D eigenvalue weighted by Gasteiger charge is 2.38. The Hall–Kier alpha value is -1.43. The van der Waals surface area contributed by atoms with Crippen molar-refractivity contribution in [1.82, 2.24) is 10.2 Å². The number of aliphatic hydroxyl groups is 1. The number of carbonyl (C=O) groups is 1. The summed E-state index contributed by atoms with van der Waals surface area (Å²) < 4.78 is 0. The minimum absolute atomic E-state index is 0.00274. The van der Waals surface area contributed by atoms with E-state index in [9.17, 15) is 9.90 Å². The standard InChI is InChI=1S/C19H29N3O2/c1-22-9-7-19(8-10-22,15-5-3-2-4-6-15)13-21-18(24)14-11-16(20)17(23)12-14/h2-6,14,16-17,23H,7-13,20H2,1H3,(H,21,24)/t14-,16+,17+/m0/s1. The Morgan fingerprint density at radius 3 is 2.54 bits per heavy atom. The highest BCUT2D eigenvalue weighted by atomic mass is 16.3. The minimum atomic E-state index is -0.549. The van der Waals surface area contributed by atoms with Gasteiger partial charge in [0, 0.05) is 23.9 Å². The second kappa shape index (κ2) is 7.21. The number of hydrogen-bond donors (Lipinski definition) is 3. The Labute approximate surface area is 144 Å². The average molecular weight is 331 g/mol. The number of nitrogens with one attached hydrogen (secondary N) is 1. The van der Waals surface area contributed by atoms with Crippen LogP contribution in [0.3, 0.4) is 0 Å². The number of amides is 1. The maximum Gasteiger partial charge on any atom is 0.223 e. The topological polar surface area (TPSA) is 78.6 Å². The lowest BCUT2D eigenvalue weighted by molar-refractivity contribution is -0.125. The summed E-state index contributed by atoms with van der Waals surface area (Å²) >= 11 is 0. The van der Waals surface area contributed by atoms with E-state index in [4.69, 9.17) is 5.73 Å². The van der Waals surface area contributed by atoms with Crippen molar-refractivity contribution in [2.45, 2.75) is 43.2 Å². The van der Waals surface area contributed by atoms with E-state index in [1.807, 2.05) is 6.07 Å². The summed E-state index contributed by atoms with van der Waals surface area (Å²) in [6.07, 6.45) is 2.59.